The molecule has 1 rings (SSSR count). The van der Waals surface area contributed by atoms with Crippen molar-refractivity contribution in [1.82, 2.24) is 19.6 Å². The Morgan fingerprint density at radius 3 is 1.37 bits per heavy atom. The van der Waals surface area contributed by atoms with Gasteiger partial charge in [-0.2, -0.15) is 0 Å². The molecule has 1 heterocycles. The molecule has 0 spiro atoms. The van der Waals surface area contributed by atoms with Crippen LogP contribution >= 0.6 is 0 Å². The van der Waals surface area contributed by atoms with Crippen LogP contribution in [-0.4, -0.2) is 174 Å². The normalized spacial score (nSPS) is 19.5. The number of carboxylic acid groups (broad SMARTS) is 3. The van der Waals surface area contributed by atoms with E-state index in [1.807, 2.05) is 0 Å². The molecule has 1 atom stereocenters. The van der Waals surface area contributed by atoms with E-state index in [9.17, 15) is 34.8 Å². The molecule has 0 aromatic carbocycles. The van der Waals surface area contributed by atoms with Gasteiger partial charge in [0.1, 0.15) is 12.6 Å². The average molecular weight is 505 g/mol. The first-order chi connectivity index (χ1) is 16.4. The predicted octanol–water partition coefficient (Wildman–Crippen LogP) is -1.30. The third kappa shape index (κ3) is 15.0. The van der Waals surface area contributed by atoms with Gasteiger partial charge in [0, 0.05) is 58.9 Å². The standard InChI is InChI=1S/C23H45N5O7/c1-4-5-14-28(2,3)19-20(29)15-24-6-8-25(16-21(30)31)10-12-27(18-23(34)35)13-11-26(9-7-24)17-22(32)33/h20,29H,4-19H2,1-3H3,(H2-,30,31,32,33,34,35)/p+1. The van der Waals surface area contributed by atoms with Crippen LogP contribution in [0.25, 0.3) is 0 Å². The van der Waals surface area contributed by atoms with Crippen LogP contribution in [0.4, 0.5) is 0 Å². The van der Waals surface area contributed by atoms with E-state index in [0.717, 1.165) is 19.4 Å². The second-order valence-corrected chi connectivity index (χ2v) is 10.2. The van der Waals surface area contributed by atoms with Gasteiger partial charge in [0.2, 0.25) is 0 Å². The van der Waals surface area contributed by atoms with E-state index < -0.39 is 24.0 Å². The van der Waals surface area contributed by atoms with E-state index in [-0.39, 0.29) is 19.6 Å². The topological polar surface area (TPSA) is 145 Å². The fourth-order valence-electron chi connectivity index (χ4n) is 4.41. The van der Waals surface area contributed by atoms with Crippen molar-refractivity contribution in [2.24, 2.45) is 0 Å². The molecule has 0 radical (unpaired) electrons. The molecule has 12 nitrogen and oxygen atoms in total. The lowest BCUT2D eigenvalue weighted by molar-refractivity contribution is -0.893. The largest absolute Gasteiger partial charge is 0.480 e. The number of likely N-dealkylation sites (N-methyl/N-ethyl adjacent to an activating group) is 1. The third-order valence-electron chi connectivity index (χ3n) is 6.30. The number of unbranched alkanes of at least 4 members (excludes halogenated alkanes) is 1. The van der Waals surface area contributed by atoms with Gasteiger partial charge >= 0.3 is 17.9 Å². The number of nitrogens with zero attached hydrogens (tertiary/aromatic N) is 5. The fourth-order valence-corrected chi connectivity index (χ4v) is 4.41. The zero-order valence-electron chi connectivity index (χ0n) is 21.6. The lowest BCUT2D eigenvalue weighted by Crippen LogP contribution is -2.52. The lowest BCUT2D eigenvalue weighted by atomic mass is 10.2. The highest BCUT2D eigenvalue weighted by Crippen LogP contribution is 2.07. The third-order valence-corrected chi connectivity index (χ3v) is 6.30. The van der Waals surface area contributed by atoms with Gasteiger partial charge in [-0.15, -0.1) is 0 Å². The number of aliphatic carboxylic acids is 3. The summed E-state index contributed by atoms with van der Waals surface area (Å²) in [6, 6.07) is 0. The Morgan fingerprint density at radius 2 is 1.06 bits per heavy atom. The van der Waals surface area contributed by atoms with E-state index >= 15 is 0 Å². The molecule has 0 aromatic rings. The monoisotopic (exact) mass is 504 g/mol. The maximum Gasteiger partial charge on any atom is 0.317 e. The molecular formula is C23H46N5O7+. The molecule has 1 fully saturated rings. The van der Waals surface area contributed by atoms with E-state index in [4.69, 9.17) is 0 Å². The van der Waals surface area contributed by atoms with Crippen molar-refractivity contribution in [3.05, 3.63) is 0 Å². The van der Waals surface area contributed by atoms with Crippen LogP contribution in [0.3, 0.4) is 0 Å². The first-order valence-corrected chi connectivity index (χ1v) is 12.4. The highest BCUT2D eigenvalue weighted by atomic mass is 16.4. The van der Waals surface area contributed by atoms with Crippen LogP contribution in [-0.2, 0) is 14.4 Å². The van der Waals surface area contributed by atoms with Gasteiger partial charge in [0.25, 0.3) is 0 Å². The van der Waals surface area contributed by atoms with Crippen molar-refractivity contribution in [3.63, 3.8) is 0 Å². The summed E-state index contributed by atoms with van der Waals surface area (Å²) in [6.45, 7) is 7.08. The minimum atomic E-state index is -0.980. The summed E-state index contributed by atoms with van der Waals surface area (Å²) in [5.41, 5.74) is 0. The number of β-amino-alcohol motifs (C(OH)–C–C–N with tert-alkyl or cyclic N) is 1. The SMILES string of the molecule is CCCC[N+](C)(C)CC(O)CN1CCN(CC(=O)O)CCN(CC(=O)O)CCN(CC(=O)O)CC1. The van der Waals surface area contributed by atoms with Crippen molar-refractivity contribution < 1.29 is 39.3 Å². The highest BCUT2D eigenvalue weighted by Gasteiger charge is 2.24. The van der Waals surface area contributed by atoms with Crippen molar-refractivity contribution in [2.45, 2.75) is 25.9 Å². The second kappa shape index (κ2) is 16.0. The van der Waals surface area contributed by atoms with Gasteiger partial charge < -0.3 is 24.9 Å². The number of rotatable bonds is 13. The number of hydrogen-bond donors (Lipinski definition) is 4. The van der Waals surface area contributed by atoms with Gasteiger partial charge in [-0.3, -0.25) is 34.0 Å². The molecule has 1 aliphatic heterocycles. The van der Waals surface area contributed by atoms with Crippen LogP contribution in [0.15, 0.2) is 0 Å². The van der Waals surface area contributed by atoms with Crippen LogP contribution in [0.1, 0.15) is 19.8 Å². The Labute approximate surface area is 208 Å². The second-order valence-electron chi connectivity index (χ2n) is 10.2. The van der Waals surface area contributed by atoms with Gasteiger partial charge in [-0.25, -0.2) is 0 Å². The van der Waals surface area contributed by atoms with Gasteiger partial charge in [-0.1, -0.05) is 13.3 Å². The summed E-state index contributed by atoms with van der Waals surface area (Å²) in [5.74, 6) is -2.88. The van der Waals surface area contributed by atoms with E-state index in [2.05, 4.69) is 25.9 Å². The van der Waals surface area contributed by atoms with Crippen LogP contribution in [0.2, 0.25) is 0 Å². The minimum Gasteiger partial charge on any atom is -0.480 e. The molecule has 12 heteroatoms. The zero-order chi connectivity index (χ0) is 26.4. The predicted molar refractivity (Wildman–Crippen MR) is 131 cm³/mol. The molecule has 35 heavy (non-hydrogen) atoms. The summed E-state index contributed by atoms with van der Waals surface area (Å²) in [7, 11) is 4.20. The van der Waals surface area contributed by atoms with Gasteiger partial charge in [0.15, 0.2) is 0 Å². The Hall–Kier alpha value is -1.83. The zero-order valence-corrected chi connectivity index (χ0v) is 21.6. The van der Waals surface area contributed by atoms with E-state index in [1.165, 1.54) is 0 Å². The summed E-state index contributed by atoms with van der Waals surface area (Å²) >= 11 is 0. The van der Waals surface area contributed by atoms with E-state index in [0.29, 0.717) is 69.9 Å². The summed E-state index contributed by atoms with van der Waals surface area (Å²) < 4.78 is 0.707. The molecule has 0 aliphatic carbocycles. The molecule has 1 unspecified atom stereocenters. The maximum atomic E-state index is 11.4. The molecule has 204 valence electrons. The number of carbonyl (C=O) groups is 3. The van der Waals surface area contributed by atoms with Crippen molar-refractivity contribution >= 4 is 17.9 Å². The Kier molecular flexibility index (Phi) is 14.3. The lowest BCUT2D eigenvalue weighted by Gasteiger charge is -2.36. The minimum absolute atomic E-state index is 0.149. The first-order valence-electron chi connectivity index (χ1n) is 12.4. The molecule has 4 N–H and O–H groups in total. The van der Waals surface area contributed by atoms with Crippen LogP contribution in [0, 0.1) is 0 Å². The maximum absolute atomic E-state index is 11.4. The number of carboxylic acids is 3. The van der Waals surface area contributed by atoms with Crippen LogP contribution in [0.5, 0.6) is 0 Å². The highest BCUT2D eigenvalue weighted by molar-refractivity contribution is 5.69. The molecule has 0 aromatic heterocycles. The molecule has 0 amide bonds. The van der Waals surface area contributed by atoms with E-state index in [1.54, 1.807) is 14.7 Å². The van der Waals surface area contributed by atoms with Gasteiger partial charge in [-0.05, 0) is 6.42 Å². The summed E-state index contributed by atoms with van der Waals surface area (Å²) in [4.78, 5) is 41.4. The number of aliphatic hydroxyl groups excluding tert-OH is 1. The molecule has 1 aliphatic rings. The fraction of sp³-hybridized carbons (Fsp3) is 0.870. The smallest absolute Gasteiger partial charge is 0.317 e. The van der Waals surface area contributed by atoms with Gasteiger partial charge in [0.05, 0.1) is 40.3 Å². The quantitative estimate of drug-likeness (QED) is 0.222. The summed E-state index contributed by atoms with van der Waals surface area (Å²) in [6.07, 6.45) is 1.60. The summed E-state index contributed by atoms with van der Waals surface area (Å²) in [5, 5.41) is 38.7. The molecule has 0 saturated carbocycles. The molecule has 1 saturated heterocycles. The number of aliphatic hydroxyl groups is 1. The molecular weight excluding hydrogens is 458 g/mol. The van der Waals surface area contributed by atoms with Crippen LogP contribution < -0.4 is 0 Å². The van der Waals surface area contributed by atoms with Crippen molar-refractivity contribution in [3.8, 4) is 0 Å². The van der Waals surface area contributed by atoms with Crippen molar-refractivity contribution in [2.75, 3.05) is 106 Å². The number of hydrogen-bond acceptors (Lipinski definition) is 8. The Balaban J connectivity index is 2.94. The Morgan fingerprint density at radius 1 is 0.714 bits per heavy atom. The first kappa shape index (κ1) is 31.2. The Bertz CT molecular complexity index is 632. The molecule has 0 bridgehead atoms. The van der Waals surface area contributed by atoms with Crippen molar-refractivity contribution in [1.29, 1.82) is 0 Å². The average Bonchev–Trinajstić information content (AvgIpc) is 2.72. The number of quaternary nitrogens is 1.